The fourth-order valence-electron chi connectivity index (χ4n) is 0.950. The van der Waals surface area contributed by atoms with Gasteiger partial charge in [0.15, 0.2) is 0 Å². The molecule has 0 heterocycles. The van der Waals surface area contributed by atoms with E-state index in [4.69, 9.17) is 14.9 Å². The molecule has 0 atom stereocenters. The fourth-order valence-corrected chi connectivity index (χ4v) is 0.950. The summed E-state index contributed by atoms with van der Waals surface area (Å²) in [6, 6.07) is 6.44. The minimum atomic E-state index is -0.614. The minimum Gasteiger partial charge on any atom is -0.486 e. The largest absolute Gasteiger partial charge is 0.486 e. The van der Waals surface area contributed by atoms with Gasteiger partial charge in [0.2, 0.25) is 0 Å². The van der Waals surface area contributed by atoms with Crippen molar-refractivity contribution in [3.05, 3.63) is 29.8 Å². The second kappa shape index (κ2) is 5.36. The van der Waals surface area contributed by atoms with Gasteiger partial charge in [-0.15, -0.1) is 0 Å². The molecule has 0 bridgehead atoms. The van der Waals surface area contributed by atoms with Gasteiger partial charge in [-0.25, -0.2) is 0 Å². The maximum atomic E-state index is 10.3. The van der Waals surface area contributed by atoms with Crippen molar-refractivity contribution < 1.29 is 19.7 Å². The number of rotatable bonds is 5. The van der Waals surface area contributed by atoms with Crippen LogP contribution in [-0.4, -0.2) is 35.8 Å². The van der Waals surface area contributed by atoms with E-state index in [0.29, 0.717) is 11.3 Å². The van der Waals surface area contributed by atoms with E-state index >= 15 is 0 Å². The first-order valence-corrected chi connectivity index (χ1v) is 4.23. The average Bonchev–Trinajstić information content (AvgIpc) is 2.26. The summed E-state index contributed by atoms with van der Waals surface area (Å²) in [6.07, 6.45) is 0.122. The van der Waals surface area contributed by atoms with Gasteiger partial charge in [-0.3, -0.25) is 4.79 Å². The molecule has 0 unspecified atom stereocenters. The van der Waals surface area contributed by atoms with Crippen LogP contribution in [0.3, 0.4) is 0 Å². The molecule has 0 spiro atoms. The van der Waals surface area contributed by atoms with Gasteiger partial charge in [-0.05, 0) is 24.3 Å². The van der Waals surface area contributed by atoms with Crippen molar-refractivity contribution in [2.45, 2.75) is 6.10 Å². The Morgan fingerprint density at radius 2 is 1.79 bits per heavy atom. The summed E-state index contributed by atoms with van der Waals surface area (Å²) >= 11 is 0. The Morgan fingerprint density at radius 3 is 2.21 bits per heavy atom. The Kier molecular flexibility index (Phi) is 4.10. The third-order valence-electron chi connectivity index (χ3n) is 1.73. The molecule has 0 saturated heterocycles. The number of aliphatic hydroxyl groups excluding tert-OH is 2. The highest BCUT2D eigenvalue weighted by atomic mass is 16.5. The van der Waals surface area contributed by atoms with Gasteiger partial charge < -0.3 is 14.9 Å². The van der Waals surface area contributed by atoms with Crippen LogP contribution in [0.1, 0.15) is 10.4 Å². The molecular weight excluding hydrogens is 184 g/mol. The molecule has 0 fully saturated rings. The van der Waals surface area contributed by atoms with Gasteiger partial charge in [-0.2, -0.15) is 0 Å². The second-order valence-electron chi connectivity index (χ2n) is 2.79. The van der Waals surface area contributed by atoms with Crippen LogP contribution in [-0.2, 0) is 0 Å². The summed E-state index contributed by atoms with van der Waals surface area (Å²) in [5.41, 5.74) is 0.557. The van der Waals surface area contributed by atoms with E-state index in [2.05, 4.69) is 0 Å². The number of hydrogen-bond acceptors (Lipinski definition) is 4. The van der Waals surface area contributed by atoms with Gasteiger partial charge in [0.25, 0.3) is 0 Å². The first-order valence-electron chi connectivity index (χ1n) is 4.23. The zero-order valence-corrected chi connectivity index (χ0v) is 7.59. The molecule has 76 valence electrons. The molecule has 0 aromatic heterocycles. The average molecular weight is 196 g/mol. The number of carbonyl (C=O) groups excluding carboxylic acids is 1. The lowest BCUT2D eigenvalue weighted by Crippen LogP contribution is -2.25. The second-order valence-corrected chi connectivity index (χ2v) is 2.79. The Balaban J connectivity index is 2.63. The predicted molar refractivity (Wildman–Crippen MR) is 50.4 cm³/mol. The quantitative estimate of drug-likeness (QED) is 0.661. The highest BCUT2D eigenvalue weighted by Gasteiger charge is 2.06. The van der Waals surface area contributed by atoms with Crippen LogP contribution in [0.2, 0.25) is 0 Å². The van der Waals surface area contributed by atoms with E-state index in [1.54, 1.807) is 24.3 Å². The van der Waals surface area contributed by atoms with E-state index < -0.39 is 6.10 Å². The standard InChI is InChI=1S/C10H12O4/c11-5-8-1-3-9(4-2-8)14-10(6-12)7-13/h1-5,10,12-13H,6-7H2. The molecule has 4 heteroatoms. The molecule has 0 aliphatic rings. The summed E-state index contributed by atoms with van der Waals surface area (Å²) < 4.78 is 5.20. The van der Waals surface area contributed by atoms with E-state index in [1.165, 1.54) is 0 Å². The van der Waals surface area contributed by atoms with Gasteiger partial charge in [0, 0.05) is 5.56 Å². The fraction of sp³-hybridized carbons (Fsp3) is 0.300. The highest BCUT2D eigenvalue weighted by Crippen LogP contribution is 2.12. The van der Waals surface area contributed by atoms with Gasteiger partial charge in [0.1, 0.15) is 18.1 Å². The van der Waals surface area contributed by atoms with Gasteiger partial charge >= 0.3 is 0 Å². The van der Waals surface area contributed by atoms with E-state index in [9.17, 15) is 4.79 Å². The lowest BCUT2D eigenvalue weighted by Gasteiger charge is -2.13. The van der Waals surface area contributed by atoms with Crippen LogP contribution in [0.25, 0.3) is 0 Å². The SMILES string of the molecule is O=Cc1ccc(OC(CO)CO)cc1. The third kappa shape index (κ3) is 2.83. The van der Waals surface area contributed by atoms with Gasteiger partial charge in [0.05, 0.1) is 13.2 Å². The molecule has 14 heavy (non-hydrogen) atoms. The molecule has 1 aromatic carbocycles. The molecule has 0 aliphatic heterocycles. The molecule has 0 radical (unpaired) electrons. The van der Waals surface area contributed by atoms with Crippen LogP contribution in [0, 0.1) is 0 Å². The Morgan fingerprint density at radius 1 is 1.21 bits per heavy atom. The summed E-state index contributed by atoms with van der Waals surface area (Å²) in [5, 5.41) is 17.5. The number of aliphatic hydroxyl groups is 2. The molecule has 2 N–H and O–H groups in total. The van der Waals surface area contributed by atoms with Crippen molar-refractivity contribution in [2.24, 2.45) is 0 Å². The van der Waals surface area contributed by atoms with E-state index in [1.807, 2.05) is 0 Å². The van der Waals surface area contributed by atoms with Crippen molar-refractivity contribution in [1.82, 2.24) is 0 Å². The molecule has 4 nitrogen and oxygen atoms in total. The smallest absolute Gasteiger partial charge is 0.150 e. The Hall–Kier alpha value is -1.39. The third-order valence-corrected chi connectivity index (χ3v) is 1.73. The van der Waals surface area contributed by atoms with Gasteiger partial charge in [-0.1, -0.05) is 0 Å². The van der Waals surface area contributed by atoms with Crippen molar-refractivity contribution in [2.75, 3.05) is 13.2 Å². The predicted octanol–water partition coefficient (Wildman–Crippen LogP) is 0.231. The molecule has 0 amide bonds. The van der Waals surface area contributed by atoms with Crippen LogP contribution in [0.4, 0.5) is 0 Å². The number of ether oxygens (including phenoxy) is 1. The highest BCUT2D eigenvalue weighted by molar-refractivity contribution is 5.74. The summed E-state index contributed by atoms with van der Waals surface area (Å²) in [5.74, 6) is 0.517. The van der Waals surface area contributed by atoms with E-state index in [-0.39, 0.29) is 13.2 Å². The Labute approximate surface area is 81.8 Å². The lowest BCUT2D eigenvalue weighted by atomic mass is 10.2. The van der Waals surface area contributed by atoms with Crippen molar-refractivity contribution >= 4 is 6.29 Å². The number of aldehydes is 1. The van der Waals surface area contributed by atoms with Crippen LogP contribution >= 0.6 is 0 Å². The molecule has 0 aliphatic carbocycles. The number of carbonyl (C=O) groups is 1. The zero-order chi connectivity index (χ0) is 10.4. The normalized spacial score (nSPS) is 10.2. The number of benzene rings is 1. The van der Waals surface area contributed by atoms with Crippen molar-refractivity contribution in [3.8, 4) is 5.75 Å². The topological polar surface area (TPSA) is 66.8 Å². The van der Waals surface area contributed by atoms with E-state index in [0.717, 1.165) is 6.29 Å². The summed E-state index contributed by atoms with van der Waals surface area (Å²) in [6.45, 7) is -0.488. The zero-order valence-electron chi connectivity index (χ0n) is 7.59. The van der Waals surface area contributed by atoms with Crippen molar-refractivity contribution in [3.63, 3.8) is 0 Å². The monoisotopic (exact) mass is 196 g/mol. The number of hydrogen-bond donors (Lipinski definition) is 2. The molecule has 1 rings (SSSR count). The van der Waals surface area contributed by atoms with Crippen LogP contribution in [0.15, 0.2) is 24.3 Å². The molecular formula is C10H12O4. The lowest BCUT2D eigenvalue weighted by molar-refractivity contribution is 0.0629. The first kappa shape index (κ1) is 10.7. The molecule has 1 aromatic rings. The van der Waals surface area contributed by atoms with Crippen molar-refractivity contribution in [1.29, 1.82) is 0 Å². The van der Waals surface area contributed by atoms with Crippen LogP contribution < -0.4 is 4.74 Å². The summed E-state index contributed by atoms with van der Waals surface area (Å²) in [4.78, 5) is 10.3. The maximum Gasteiger partial charge on any atom is 0.150 e. The maximum absolute atomic E-state index is 10.3. The Bertz CT molecular complexity index is 277. The summed E-state index contributed by atoms with van der Waals surface area (Å²) in [7, 11) is 0. The molecule has 0 saturated carbocycles. The van der Waals surface area contributed by atoms with Crippen LogP contribution in [0.5, 0.6) is 5.75 Å². The first-order chi connectivity index (χ1) is 6.80. The minimum absolute atomic E-state index is 0.244.